The standard InChI is InChI=1S/C14H20N4O3/c1-2-4-10-7-8-17(9-10)14(19)11-5-3-6-12(16-15)13(11)18(20)21/h3,5-6,10,16H,2,4,7-9,15H2,1H3. The van der Waals surface area contributed by atoms with Crippen LogP contribution < -0.4 is 11.3 Å². The van der Waals surface area contributed by atoms with Gasteiger partial charge in [-0.15, -0.1) is 0 Å². The number of likely N-dealkylation sites (tertiary alicyclic amines) is 1. The van der Waals surface area contributed by atoms with Crippen LogP contribution in [0.4, 0.5) is 11.4 Å². The van der Waals surface area contributed by atoms with Gasteiger partial charge < -0.3 is 10.3 Å². The first kappa shape index (κ1) is 15.2. The van der Waals surface area contributed by atoms with Crippen molar-refractivity contribution < 1.29 is 9.72 Å². The zero-order chi connectivity index (χ0) is 15.4. The van der Waals surface area contributed by atoms with Crippen molar-refractivity contribution in [3.05, 3.63) is 33.9 Å². The number of nitrogens with one attached hydrogen (secondary N) is 1. The maximum atomic E-state index is 12.5. The molecule has 1 saturated heterocycles. The molecule has 21 heavy (non-hydrogen) atoms. The molecule has 7 heteroatoms. The summed E-state index contributed by atoms with van der Waals surface area (Å²) in [6.45, 7) is 3.44. The normalized spacial score (nSPS) is 17.8. The molecule has 1 heterocycles. The number of nitrogens with zero attached hydrogens (tertiary/aromatic N) is 2. The number of nitrogens with two attached hydrogens (primary N) is 1. The number of carbonyl (C=O) groups is 1. The maximum Gasteiger partial charge on any atom is 0.306 e. The molecule has 0 spiro atoms. The van der Waals surface area contributed by atoms with Crippen LogP contribution in [-0.2, 0) is 0 Å². The number of hydrazine groups is 1. The third-order valence-corrected chi connectivity index (χ3v) is 3.87. The fraction of sp³-hybridized carbons (Fsp3) is 0.500. The average molecular weight is 292 g/mol. The van der Waals surface area contributed by atoms with E-state index in [9.17, 15) is 14.9 Å². The summed E-state index contributed by atoms with van der Waals surface area (Å²) in [4.78, 5) is 24.9. The van der Waals surface area contributed by atoms with Gasteiger partial charge in [0.1, 0.15) is 11.3 Å². The van der Waals surface area contributed by atoms with Crippen LogP contribution in [-0.4, -0.2) is 28.8 Å². The van der Waals surface area contributed by atoms with E-state index in [0.29, 0.717) is 19.0 Å². The van der Waals surface area contributed by atoms with Crippen molar-refractivity contribution in [2.75, 3.05) is 18.5 Å². The zero-order valence-corrected chi connectivity index (χ0v) is 12.0. The predicted molar refractivity (Wildman–Crippen MR) is 79.8 cm³/mol. The second kappa shape index (κ2) is 6.53. The van der Waals surface area contributed by atoms with Crippen LogP contribution in [0.5, 0.6) is 0 Å². The Morgan fingerprint density at radius 3 is 2.95 bits per heavy atom. The lowest BCUT2D eigenvalue weighted by Crippen LogP contribution is -2.29. The molecule has 1 aliphatic rings. The summed E-state index contributed by atoms with van der Waals surface area (Å²) < 4.78 is 0. The third kappa shape index (κ3) is 3.13. The second-order valence-electron chi connectivity index (χ2n) is 5.30. The van der Waals surface area contributed by atoms with Gasteiger partial charge in [-0.1, -0.05) is 19.4 Å². The van der Waals surface area contributed by atoms with E-state index in [1.807, 2.05) is 0 Å². The van der Waals surface area contributed by atoms with E-state index in [2.05, 4.69) is 12.3 Å². The Balaban J connectivity index is 2.26. The van der Waals surface area contributed by atoms with Crippen LogP contribution in [0.15, 0.2) is 18.2 Å². The van der Waals surface area contributed by atoms with Gasteiger partial charge in [0.05, 0.1) is 4.92 Å². The molecule has 2 rings (SSSR count). The monoisotopic (exact) mass is 292 g/mol. The number of carbonyl (C=O) groups excluding carboxylic acids is 1. The van der Waals surface area contributed by atoms with Crippen LogP contribution in [0, 0.1) is 16.0 Å². The Morgan fingerprint density at radius 1 is 1.57 bits per heavy atom. The molecule has 7 nitrogen and oxygen atoms in total. The first-order valence-corrected chi connectivity index (χ1v) is 7.11. The Bertz CT molecular complexity index is 547. The minimum atomic E-state index is -0.567. The van der Waals surface area contributed by atoms with Crippen molar-refractivity contribution in [2.24, 2.45) is 11.8 Å². The topological polar surface area (TPSA) is 102 Å². The third-order valence-electron chi connectivity index (χ3n) is 3.87. The van der Waals surface area contributed by atoms with Gasteiger partial charge in [0.25, 0.3) is 5.91 Å². The number of benzene rings is 1. The molecule has 1 unspecified atom stereocenters. The van der Waals surface area contributed by atoms with E-state index in [1.54, 1.807) is 11.0 Å². The predicted octanol–water partition coefficient (Wildman–Crippen LogP) is 2.14. The molecule has 0 bridgehead atoms. The summed E-state index contributed by atoms with van der Waals surface area (Å²) in [5.41, 5.74) is 2.26. The van der Waals surface area contributed by atoms with Crippen LogP contribution in [0.25, 0.3) is 0 Å². The van der Waals surface area contributed by atoms with Crippen LogP contribution in [0.1, 0.15) is 36.5 Å². The molecule has 1 fully saturated rings. The summed E-state index contributed by atoms with van der Waals surface area (Å²) in [7, 11) is 0. The Hall–Kier alpha value is -2.15. The highest BCUT2D eigenvalue weighted by Gasteiger charge is 2.31. The van der Waals surface area contributed by atoms with Gasteiger partial charge >= 0.3 is 5.69 Å². The maximum absolute atomic E-state index is 12.5. The largest absolute Gasteiger partial charge is 0.338 e. The number of nitrogen functional groups attached to an aromatic ring is 1. The van der Waals surface area contributed by atoms with Crippen LogP contribution >= 0.6 is 0 Å². The molecule has 114 valence electrons. The fourth-order valence-corrected chi connectivity index (χ4v) is 2.86. The molecule has 0 radical (unpaired) electrons. The molecule has 1 atom stereocenters. The fourth-order valence-electron chi connectivity index (χ4n) is 2.86. The second-order valence-corrected chi connectivity index (χ2v) is 5.30. The summed E-state index contributed by atoms with van der Waals surface area (Å²) >= 11 is 0. The van der Waals surface area contributed by atoms with Crippen LogP contribution in [0.2, 0.25) is 0 Å². The SMILES string of the molecule is CCCC1CCN(C(=O)c2cccc(NN)c2[N+](=O)[O-])C1. The smallest absolute Gasteiger partial charge is 0.306 e. The van der Waals surface area contributed by atoms with Crippen molar-refractivity contribution in [3.8, 4) is 0 Å². The molecule has 0 aliphatic carbocycles. The molecule has 1 aromatic carbocycles. The lowest BCUT2D eigenvalue weighted by Gasteiger charge is -2.17. The first-order chi connectivity index (χ1) is 10.1. The van der Waals surface area contributed by atoms with Crippen molar-refractivity contribution in [1.82, 2.24) is 4.90 Å². The van der Waals surface area contributed by atoms with E-state index in [-0.39, 0.29) is 22.8 Å². The summed E-state index contributed by atoms with van der Waals surface area (Å²) in [6.07, 6.45) is 3.12. The molecular formula is C14H20N4O3. The Kier molecular flexibility index (Phi) is 4.74. The summed E-state index contributed by atoms with van der Waals surface area (Å²) in [6, 6.07) is 4.56. The number of hydrogen-bond donors (Lipinski definition) is 2. The Labute approximate surface area is 123 Å². The number of anilines is 1. The zero-order valence-electron chi connectivity index (χ0n) is 12.0. The van der Waals surface area contributed by atoms with Crippen molar-refractivity contribution >= 4 is 17.3 Å². The highest BCUT2D eigenvalue weighted by atomic mass is 16.6. The molecule has 1 aliphatic heterocycles. The lowest BCUT2D eigenvalue weighted by atomic mass is 10.0. The number of rotatable bonds is 5. The van der Waals surface area contributed by atoms with Gasteiger partial charge in [0.2, 0.25) is 0 Å². The number of para-hydroxylation sites is 1. The number of hydrogen-bond acceptors (Lipinski definition) is 5. The first-order valence-electron chi connectivity index (χ1n) is 7.11. The van der Waals surface area contributed by atoms with Gasteiger partial charge in [-0.05, 0) is 30.9 Å². The molecule has 1 aromatic rings. The number of nitro benzene ring substituents is 1. The van der Waals surface area contributed by atoms with Crippen LogP contribution in [0.3, 0.4) is 0 Å². The van der Waals surface area contributed by atoms with Crippen molar-refractivity contribution in [2.45, 2.75) is 26.2 Å². The van der Waals surface area contributed by atoms with Gasteiger partial charge in [-0.3, -0.25) is 20.8 Å². The van der Waals surface area contributed by atoms with Gasteiger partial charge in [0, 0.05) is 13.1 Å². The molecule has 1 amide bonds. The number of amides is 1. The van der Waals surface area contributed by atoms with E-state index in [1.165, 1.54) is 12.1 Å². The lowest BCUT2D eigenvalue weighted by molar-refractivity contribution is -0.384. The van der Waals surface area contributed by atoms with Gasteiger partial charge in [-0.25, -0.2) is 0 Å². The van der Waals surface area contributed by atoms with Crippen molar-refractivity contribution in [1.29, 1.82) is 0 Å². The quantitative estimate of drug-likeness (QED) is 0.492. The minimum Gasteiger partial charge on any atom is -0.338 e. The van der Waals surface area contributed by atoms with E-state index < -0.39 is 4.92 Å². The van der Waals surface area contributed by atoms with E-state index in [4.69, 9.17) is 5.84 Å². The summed E-state index contributed by atoms with van der Waals surface area (Å²) in [5.74, 6) is 5.49. The highest BCUT2D eigenvalue weighted by molar-refractivity contribution is 6.00. The minimum absolute atomic E-state index is 0.0904. The molecular weight excluding hydrogens is 272 g/mol. The van der Waals surface area contributed by atoms with E-state index >= 15 is 0 Å². The van der Waals surface area contributed by atoms with Gasteiger partial charge in [0.15, 0.2) is 0 Å². The molecule has 3 N–H and O–H groups in total. The average Bonchev–Trinajstić information content (AvgIpc) is 2.94. The Morgan fingerprint density at radius 2 is 2.33 bits per heavy atom. The molecule has 0 saturated carbocycles. The molecule has 0 aromatic heterocycles. The van der Waals surface area contributed by atoms with E-state index in [0.717, 1.165) is 19.3 Å². The van der Waals surface area contributed by atoms with Gasteiger partial charge in [-0.2, -0.15) is 0 Å². The number of nitro groups is 1. The highest BCUT2D eigenvalue weighted by Crippen LogP contribution is 2.30. The summed E-state index contributed by atoms with van der Waals surface area (Å²) in [5, 5.41) is 11.2. The van der Waals surface area contributed by atoms with Crippen molar-refractivity contribution in [3.63, 3.8) is 0 Å².